The molecule has 0 bridgehead atoms. The van der Waals surface area contributed by atoms with Crippen LogP contribution in [0.2, 0.25) is 0 Å². The Bertz CT molecular complexity index is 610. The molecule has 0 aliphatic rings. The number of ether oxygens (including phenoxy) is 1. The molecule has 1 aromatic heterocycles. The maximum atomic E-state index is 10.6. The number of methoxy groups -OCH3 is 1. The van der Waals surface area contributed by atoms with Crippen molar-refractivity contribution < 1.29 is 9.84 Å². The van der Waals surface area contributed by atoms with E-state index in [1.54, 1.807) is 18.0 Å². The van der Waals surface area contributed by atoms with Crippen molar-refractivity contribution in [2.75, 3.05) is 13.7 Å². The van der Waals surface area contributed by atoms with E-state index in [0.717, 1.165) is 15.7 Å². The van der Waals surface area contributed by atoms with Gasteiger partial charge in [0.15, 0.2) is 0 Å². The zero-order valence-corrected chi connectivity index (χ0v) is 14.2. The number of hydrogen-bond donors (Lipinski definition) is 1. The summed E-state index contributed by atoms with van der Waals surface area (Å²) in [4.78, 5) is 0. The molecule has 0 saturated heterocycles. The third kappa shape index (κ3) is 3.93. The van der Waals surface area contributed by atoms with Crippen LogP contribution in [0.3, 0.4) is 0 Å². The first kappa shape index (κ1) is 16.2. The molecule has 1 aromatic carbocycles. The number of aromatic nitrogens is 2. The van der Waals surface area contributed by atoms with Gasteiger partial charge in [-0.1, -0.05) is 18.2 Å². The maximum absolute atomic E-state index is 10.6. The topological polar surface area (TPSA) is 47.3 Å². The van der Waals surface area contributed by atoms with Crippen molar-refractivity contribution in [3.63, 3.8) is 0 Å². The second kappa shape index (κ2) is 7.20. The number of halogens is 1. The minimum atomic E-state index is -0.596. The summed E-state index contributed by atoms with van der Waals surface area (Å²) in [6.45, 7) is 5.37. The van der Waals surface area contributed by atoms with E-state index in [2.05, 4.69) is 53.1 Å². The first-order valence-corrected chi connectivity index (χ1v) is 7.76. The van der Waals surface area contributed by atoms with Gasteiger partial charge < -0.3 is 9.84 Å². The third-order valence-corrected chi connectivity index (χ3v) is 4.27. The number of hydrogen-bond acceptors (Lipinski definition) is 3. The summed E-state index contributed by atoms with van der Waals surface area (Å²) >= 11 is 3.46. The van der Waals surface area contributed by atoms with Gasteiger partial charge in [0.2, 0.25) is 0 Å². The van der Waals surface area contributed by atoms with Gasteiger partial charge in [0.1, 0.15) is 6.10 Å². The van der Waals surface area contributed by atoms with Crippen LogP contribution in [0.1, 0.15) is 28.5 Å². The van der Waals surface area contributed by atoms with E-state index < -0.39 is 6.10 Å². The molecule has 0 fully saturated rings. The largest absolute Gasteiger partial charge is 0.386 e. The van der Waals surface area contributed by atoms with Gasteiger partial charge in [-0.25, -0.2) is 0 Å². The van der Waals surface area contributed by atoms with Crippen LogP contribution in [-0.2, 0) is 17.7 Å². The molecule has 2 rings (SSSR count). The summed E-state index contributed by atoms with van der Waals surface area (Å²) in [5.74, 6) is 0. The lowest BCUT2D eigenvalue weighted by molar-refractivity contribution is 0.152. The normalized spacial score (nSPS) is 12.6. The van der Waals surface area contributed by atoms with Gasteiger partial charge in [-0.3, -0.25) is 4.68 Å². The van der Waals surface area contributed by atoms with Crippen molar-refractivity contribution in [3.8, 4) is 0 Å². The summed E-state index contributed by atoms with van der Waals surface area (Å²) < 4.78 is 7.70. The molecule has 1 N–H and O–H groups in total. The Hall–Kier alpha value is -1.17. The Morgan fingerprint density at radius 3 is 2.76 bits per heavy atom. The molecule has 2 aromatic rings. The first-order valence-electron chi connectivity index (χ1n) is 6.97. The monoisotopic (exact) mass is 352 g/mol. The van der Waals surface area contributed by atoms with E-state index in [4.69, 9.17) is 4.74 Å². The van der Waals surface area contributed by atoms with Crippen LogP contribution in [0.4, 0.5) is 0 Å². The molecular formula is C16H21BrN2O2. The molecule has 114 valence electrons. The molecule has 0 radical (unpaired) electrons. The lowest BCUT2D eigenvalue weighted by Gasteiger charge is -2.15. The van der Waals surface area contributed by atoms with Crippen molar-refractivity contribution in [1.82, 2.24) is 9.78 Å². The molecule has 5 heteroatoms. The summed E-state index contributed by atoms with van der Waals surface area (Å²) in [5.41, 5.74) is 4.42. The Morgan fingerprint density at radius 1 is 1.33 bits per heavy atom. The SMILES string of the molecule is COCCn1ncc(Br)c1C(O)Cc1ccc(C)c(C)c1. The van der Waals surface area contributed by atoms with Crippen molar-refractivity contribution in [1.29, 1.82) is 0 Å². The van der Waals surface area contributed by atoms with Gasteiger partial charge in [0.05, 0.1) is 29.5 Å². The molecule has 21 heavy (non-hydrogen) atoms. The van der Waals surface area contributed by atoms with Crippen LogP contribution in [0, 0.1) is 13.8 Å². The summed E-state index contributed by atoms with van der Waals surface area (Å²) in [5, 5.41) is 14.8. The van der Waals surface area contributed by atoms with Gasteiger partial charge in [-0.2, -0.15) is 5.10 Å². The highest BCUT2D eigenvalue weighted by Gasteiger charge is 2.18. The van der Waals surface area contributed by atoms with Crippen LogP contribution < -0.4 is 0 Å². The van der Waals surface area contributed by atoms with Gasteiger partial charge in [-0.05, 0) is 46.5 Å². The highest BCUT2D eigenvalue weighted by atomic mass is 79.9. The number of aliphatic hydroxyl groups excluding tert-OH is 1. The van der Waals surface area contributed by atoms with Crippen molar-refractivity contribution >= 4 is 15.9 Å². The van der Waals surface area contributed by atoms with E-state index in [1.807, 2.05) is 0 Å². The van der Waals surface area contributed by atoms with Crippen LogP contribution >= 0.6 is 15.9 Å². The number of aliphatic hydroxyl groups is 1. The zero-order chi connectivity index (χ0) is 15.4. The van der Waals surface area contributed by atoms with Crippen molar-refractivity contribution in [3.05, 3.63) is 51.3 Å². The standard InChI is InChI=1S/C16H21BrN2O2/c1-11-4-5-13(8-12(11)2)9-15(20)16-14(17)10-18-19(16)6-7-21-3/h4-5,8,10,15,20H,6-7,9H2,1-3H3. The summed E-state index contributed by atoms with van der Waals surface area (Å²) in [6.07, 6.45) is 1.69. The molecular weight excluding hydrogens is 332 g/mol. The van der Waals surface area contributed by atoms with Crippen LogP contribution in [-0.4, -0.2) is 28.6 Å². The molecule has 4 nitrogen and oxygen atoms in total. The highest BCUT2D eigenvalue weighted by molar-refractivity contribution is 9.10. The maximum Gasteiger partial charge on any atom is 0.101 e. The Kier molecular flexibility index (Phi) is 5.56. The molecule has 0 aliphatic heterocycles. The molecule has 0 aliphatic carbocycles. The lowest BCUT2D eigenvalue weighted by atomic mass is 10.0. The predicted octanol–water partition coefficient (Wildman–Crippen LogP) is 3.18. The quantitative estimate of drug-likeness (QED) is 0.868. The van der Waals surface area contributed by atoms with Gasteiger partial charge in [0.25, 0.3) is 0 Å². The average molecular weight is 353 g/mol. The van der Waals surface area contributed by atoms with Crippen LogP contribution in [0.5, 0.6) is 0 Å². The molecule has 0 saturated carbocycles. The predicted molar refractivity (Wildman–Crippen MR) is 86.4 cm³/mol. The summed E-state index contributed by atoms with van der Waals surface area (Å²) in [6, 6.07) is 6.28. The second-order valence-electron chi connectivity index (χ2n) is 5.23. The van der Waals surface area contributed by atoms with Crippen LogP contribution in [0.25, 0.3) is 0 Å². The number of rotatable bonds is 6. The summed E-state index contributed by atoms with van der Waals surface area (Å²) in [7, 11) is 1.66. The van der Waals surface area contributed by atoms with E-state index in [1.165, 1.54) is 11.1 Å². The second-order valence-corrected chi connectivity index (χ2v) is 6.09. The third-order valence-electron chi connectivity index (χ3n) is 3.66. The number of nitrogens with zero attached hydrogens (tertiary/aromatic N) is 2. The van der Waals surface area contributed by atoms with Gasteiger partial charge >= 0.3 is 0 Å². The zero-order valence-electron chi connectivity index (χ0n) is 12.6. The number of aryl methyl sites for hydroxylation is 2. The van der Waals surface area contributed by atoms with E-state index in [-0.39, 0.29) is 0 Å². The van der Waals surface area contributed by atoms with Crippen LogP contribution in [0.15, 0.2) is 28.9 Å². The molecule has 1 atom stereocenters. The molecule has 0 spiro atoms. The average Bonchev–Trinajstić information content (AvgIpc) is 2.81. The van der Waals surface area contributed by atoms with E-state index in [9.17, 15) is 5.11 Å². The lowest BCUT2D eigenvalue weighted by Crippen LogP contribution is -2.14. The minimum Gasteiger partial charge on any atom is -0.386 e. The highest BCUT2D eigenvalue weighted by Crippen LogP contribution is 2.26. The Labute approximate surface area is 133 Å². The van der Waals surface area contributed by atoms with Crippen molar-refractivity contribution in [2.45, 2.75) is 32.9 Å². The fourth-order valence-electron chi connectivity index (χ4n) is 2.31. The molecule has 1 unspecified atom stereocenters. The fraction of sp³-hybridized carbons (Fsp3) is 0.438. The Balaban J connectivity index is 2.17. The first-order chi connectivity index (χ1) is 10.0. The van der Waals surface area contributed by atoms with Gasteiger partial charge in [-0.15, -0.1) is 0 Å². The Morgan fingerprint density at radius 2 is 2.10 bits per heavy atom. The van der Waals surface area contributed by atoms with Crippen molar-refractivity contribution in [2.24, 2.45) is 0 Å². The fourth-order valence-corrected chi connectivity index (χ4v) is 2.87. The van der Waals surface area contributed by atoms with Gasteiger partial charge in [0, 0.05) is 13.5 Å². The minimum absolute atomic E-state index is 0.567. The molecule has 1 heterocycles. The molecule has 0 amide bonds. The van der Waals surface area contributed by atoms with E-state index in [0.29, 0.717) is 19.6 Å². The smallest absolute Gasteiger partial charge is 0.101 e. The number of benzene rings is 1. The van der Waals surface area contributed by atoms with E-state index >= 15 is 0 Å².